The molecule has 3 aromatic rings. The van der Waals surface area contributed by atoms with E-state index in [2.05, 4.69) is 0 Å². The number of carbonyl (C=O) groups excluding carboxylic acids is 2. The van der Waals surface area contributed by atoms with Gasteiger partial charge in [0.2, 0.25) is 0 Å². The number of aliphatic hydroxyl groups is 1. The van der Waals surface area contributed by atoms with E-state index in [1.165, 1.54) is 12.0 Å². The minimum absolute atomic E-state index is 0.0408. The number of methoxy groups -OCH3 is 1. The molecule has 0 aromatic heterocycles. The van der Waals surface area contributed by atoms with Crippen molar-refractivity contribution in [2.45, 2.75) is 39.0 Å². The largest absolute Gasteiger partial charge is 0.507 e. The average molecular weight is 500 g/mol. The van der Waals surface area contributed by atoms with E-state index in [9.17, 15) is 14.7 Å². The first-order valence-electron chi connectivity index (χ1n) is 12.3. The number of amides is 1. The number of ketones is 1. The summed E-state index contributed by atoms with van der Waals surface area (Å²) >= 11 is 0. The summed E-state index contributed by atoms with van der Waals surface area (Å²) in [6, 6.07) is 19.3. The lowest BCUT2D eigenvalue weighted by Gasteiger charge is -2.26. The highest BCUT2D eigenvalue weighted by Crippen LogP contribution is 2.43. The zero-order valence-electron chi connectivity index (χ0n) is 21.1. The van der Waals surface area contributed by atoms with Gasteiger partial charge in [-0.2, -0.15) is 0 Å². The first-order valence-corrected chi connectivity index (χ1v) is 12.3. The molecule has 3 aromatic carbocycles. The van der Waals surface area contributed by atoms with E-state index < -0.39 is 17.7 Å². The fourth-order valence-electron chi connectivity index (χ4n) is 5.02. The van der Waals surface area contributed by atoms with E-state index in [4.69, 9.17) is 14.2 Å². The predicted molar refractivity (Wildman–Crippen MR) is 139 cm³/mol. The second-order valence-corrected chi connectivity index (χ2v) is 9.21. The number of nitrogens with zero attached hydrogens (tertiary/aromatic N) is 1. The summed E-state index contributed by atoms with van der Waals surface area (Å²) < 4.78 is 17.0. The Balaban J connectivity index is 1.64. The number of rotatable bonds is 7. The van der Waals surface area contributed by atoms with Crippen LogP contribution in [0.3, 0.4) is 0 Å². The highest BCUT2D eigenvalue weighted by molar-refractivity contribution is 6.46. The zero-order chi connectivity index (χ0) is 26.1. The summed E-state index contributed by atoms with van der Waals surface area (Å²) in [6.45, 7) is 4.53. The molecule has 7 nitrogen and oxygen atoms in total. The van der Waals surface area contributed by atoms with Gasteiger partial charge in [-0.05, 0) is 60.9 Å². The molecule has 0 spiro atoms. The fourth-order valence-corrected chi connectivity index (χ4v) is 5.02. The van der Waals surface area contributed by atoms with Crippen molar-refractivity contribution in [3.8, 4) is 17.2 Å². The third-order valence-corrected chi connectivity index (χ3v) is 6.71. The number of aliphatic hydroxyl groups excluding tert-OH is 1. The van der Waals surface area contributed by atoms with Crippen LogP contribution in [0.1, 0.15) is 42.1 Å². The second-order valence-electron chi connectivity index (χ2n) is 9.21. The predicted octanol–water partition coefficient (Wildman–Crippen LogP) is 5.04. The van der Waals surface area contributed by atoms with Crippen molar-refractivity contribution in [2.24, 2.45) is 0 Å². The van der Waals surface area contributed by atoms with Gasteiger partial charge < -0.3 is 24.2 Å². The van der Waals surface area contributed by atoms with Crippen LogP contribution in [0.4, 0.5) is 0 Å². The molecule has 2 unspecified atom stereocenters. The van der Waals surface area contributed by atoms with Crippen LogP contribution >= 0.6 is 0 Å². The molecular weight excluding hydrogens is 470 g/mol. The number of benzene rings is 3. The van der Waals surface area contributed by atoms with Crippen molar-refractivity contribution >= 4 is 17.4 Å². The molecule has 1 amide bonds. The van der Waals surface area contributed by atoms with Crippen molar-refractivity contribution in [2.75, 3.05) is 13.7 Å². The lowest BCUT2D eigenvalue weighted by atomic mass is 9.94. The molecule has 0 saturated carbocycles. The number of hydrogen-bond acceptors (Lipinski definition) is 6. The van der Waals surface area contributed by atoms with Gasteiger partial charge in [-0.3, -0.25) is 9.59 Å². The van der Waals surface area contributed by atoms with Gasteiger partial charge >= 0.3 is 0 Å². The van der Waals surface area contributed by atoms with Gasteiger partial charge in [0.15, 0.2) is 11.5 Å². The molecule has 1 N–H and O–H groups in total. The average Bonchev–Trinajstić information content (AvgIpc) is 3.40. The molecule has 37 heavy (non-hydrogen) atoms. The Morgan fingerprint density at radius 3 is 2.57 bits per heavy atom. The second kappa shape index (κ2) is 10.0. The number of Topliss-reactive ketones (excluding diaryl/α,β-unsaturated/α-hetero) is 1. The van der Waals surface area contributed by atoms with Gasteiger partial charge in [-0.1, -0.05) is 36.4 Å². The van der Waals surface area contributed by atoms with Gasteiger partial charge in [-0.25, -0.2) is 0 Å². The quantitative estimate of drug-likeness (QED) is 0.279. The Morgan fingerprint density at radius 1 is 1.05 bits per heavy atom. The van der Waals surface area contributed by atoms with E-state index in [1.54, 1.807) is 30.3 Å². The maximum atomic E-state index is 13.4. The van der Waals surface area contributed by atoms with Crippen molar-refractivity contribution < 1.29 is 28.9 Å². The maximum absolute atomic E-state index is 13.4. The lowest BCUT2D eigenvalue weighted by molar-refractivity contribution is -0.140. The SMILES string of the molecule is CCOc1ccc(C2/C(=C(/O)c3ccc4c(c3)CC(C)O4)C(=O)C(=O)N2Cc2ccccc2)cc1OC. The third kappa shape index (κ3) is 4.53. The van der Waals surface area contributed by atoms with E-state index in [-0.39, 0.29) is 24.0 Å². The van der Waals surface area contributed by atoms with E-state index in [0.29, 0.717) is 35.7 Å². The summed E-state index contributed by atoms with van der Waals surface area (Å²) in [5.74, 6) is 0.197. The summed E-state index contributed by atoms with van der Waals surface area (Å²) in [6.07, 6.45) is 0.748. The molecule has 5 rings (SSSR count). The van der Waals surface area contributed by atoms with E-state index in [1.807, 2.05) is 50.2 Å². The standard InChI is InChI=1S/C30H29NO6/c1-4-36-24-13-10-20(16-25(24)35-3)27-26(28(32)21-11-12-23-22(15-21)14-18(2)37-23)29(33)30(34)31(27)17-19-8-6-5-7-9-19/h5-13,15-16,18,27,32H,4,14,17H2,1-3H3/b28-26-. The van der Waals surface area contributed by atoms with Crippen LogP contribution in [0.2, 0.25) is 0 Å². The van der Waals surface area contributed by atoms with Gasteiger partial charge in [0.1, 0.15) is 17.6 Å². The number of hydrogen-bond donors (Lipinski definition) is 1. The molecular formula is C30H29NO6. The molecule has 0 radical (unpaired) electrons. The summed E-state index contributed by atoms with van der Waals surface area (Å²) in [4.78, 5) is 28.3. The zero-order valence-corrected chi connectivity index (χ0v) is 21.1. The Labute approximate surface area is 215 Å². The minimum atomic E-state index is -0.812. The van der Waals surface area contributed by atoms with E-state index >= 15 is 0 Å². The molecule has 0 bridgehead atoms. The molecule has 1 fully saturated rings. The molecule has 2 aliphatic rings. The minimum Gasteiger partial charge on any atom is -0.507 e. The molecule has 7 heteroatoms. The Morgan fingerprint density at radius 2 is 1.84 bits per heavy atom. The smallest absolute Gasteiger partial charge is 0.295 e. The Bertz CT molecular complexity index is 1380. The molecule has 190 valence electrons. The van der Waals surface area contributed by atoms with Crippen LogP contribution in [0.15, 0.2) is 72.3 Å². The first kappa shape index (κ1) is 24.4. The molecule has 1 saturated heterocycles. The van der Waals surface area contributed by atoms with Gasteiger partial charge in [-0.15, -0.1) is 0 Å². The third-order valence-electron chi connectivity index (χ3n) is 6.71. The Kier molecular flexibility index (Phi) is 6.61. The number of fused-ring (bicyclic) bond motifs is 1. The van der Waals surface area contributed by atoms with E-state index in [0.717, 1.165) is 16.9 Å². The maximum Gasteiger partial charge on any atom is 0.295 e. The molecule has 2 atom stereocenters. The van der Waals surface area contributed by atoms with Crippen molar-refractivity contribution in [1.29, 1.82) is 0 Å². The van der Waals surface area contributed by atoms with Crippen LogP contribution in [0.25, 0.3) is 5.76 Å². The van der Waals surface area contributed by atoms with Crippen LogP contribution in [-0.2, 0) is 22.6 Å². The lowest BCUT2D eigenvalue weighted by Crippen LogP contribution is -2.29. The van der Waals surface area contributed by atoms with Gasteiger partial charge in [0.25, 0.3) is 11.7 Å². The highest BCUT2D eigenvalue weighted by Gasteiger charge is 2.46. The Hall–Kier alpha value is -4.26. The molecule has 2 aliphatic heterocycles. The van der Waals surface area contributed by atoms with Gasteiger partial charge in [0, 0.05) is 18.5 Å². The topological polar surface area (TPSA) is 85.3 Å². The van der Waals surface area contributed by atoms with Crippen LogP contribution in [0.5, 0.6) is 17.2 Å². The number of carbonyl (C=O) groups is 2. The summed E-state index contributed by atoms with van der Waals surface area (Å²) in [7, 11) is 1.54. The normalized spacial score (nSPS) is 20.0. The fraction of sp³-hybridized carbons (Fsp3) is 0.267. The molecule has 0 aliphatic carbocycles. The number of ether oxygens (including phenoxy) is 3. The van der Waals surface area contributed by atoms with Crippen molar-refractivity contribution in [1.82, 2.24) is 4.90 Å². The van der Waals surface area contributed by atoms with Gasteiger partial charge in [0.05, 0.1) is 25.3 Å². The van der Waals surface area contributed by atoms with Crippen LogP contribution in [-0.4, -0.2) is 41.5 Å². The van der Waals surface area contributed by atoms with Crippen LogP contribution in [0, 0.1) is 0 Å². The monoisotopic (exact) mass is 499 g/mol. The van der Waals surface area contributed by atoms with Crippen LogP contribution < -0.4 is 14.2 Å². The number of likely N-dealkylation sites (tertiary alicyclic amines) is 1. The summed E-state index contributed by atoms with van der Waals surface area (Å²) in [5, 5.41) is 11.5. The highest BCUT2D eigenvalue weighted by atomic mass is 16.5. The van der Waals surface area contributed by atoms with Crippen molar-refractivity contribution in [3.63, 3.8) is 0 Å². The van der Waals surface area contributed by atoms with Crippen molar-refractivity contribution in [3.05, 3.63) is 94.6 Å². The first-order chi connectivity index (χ1) is 17.9. The summed E-state index contributed by atoms with van der Waals surface area (Å²) in [5.41, 5.74) is 2.97. The molecule has 2 heterocycles.